The fraction of sp³-hybridized carbons (Fsp3) is 0.263. The normalized spacial score (nSPS) is 12.2. The van der Waals surface area contributed by atoms with Crippen molar-refractivity contribution < 1.29 is 9.21 Å². The molecule has 3 rings (SSSR count). The van der Waals surface area contributed by atoms with E-state index in [0.717, 1.165) is 28.0 Å². The number of carbonyl (C=O) groups is 1. The zero-order valence-corrected chi connectivity index (χ0v) is 14.3. The molecule has 0 aliphatic carbocycles. The second kappa shape index (κ2) is 6.35. The Bertz CT molecular complexity index is 899. The summed E-state index contributed by atoms with van der Waals surface area (Å²) in [7, 11) is 0. The van der Waals surface area contributed by atoms with Gasteiger partial charge in [0.25, 0.3) is 0 Å². The highest BCUT2D eigenvalue weighted by molar-refractivity contribution is 5.97. The SMILES string of the molecule is Cc1ccc(NC(=O)[C@H](C)Nc2ccc3oc(C)nc3c2)c(C)c1. The Balaban J connectivity index is 1.70. The van der Waals surface area contributed by atoms with Gasteiger partial charge < -0.3 is 15.1 Å². The Kier molecular flexibility index (Phi) is 4.25. The first-order valence-electron chi connectivity index (χ1n) is 7.94. The Hall–Kier alpha value is -2.82. The van der Waals surface area contributed by atoms with Crippen molar-refractivity contribution in [2.75, 3.05) is 10.6 Å². The van der Waals surface area contributed by atoms with Crippen LogP contribution in [0.5, 0.6) is 0 Å². The van der Waals surface area contributed by atoms with Gasteiger partial charge in [-0.25, -0.2) is 4.98 Å². The van der Waals surface area contributed by atoms with Gasteiger partial charge in [0.2, 0.25) is 5.91 Å². The van der Waals surface area contributed by atoms with Gasteiger partial charge in [-0.3, -0.25) is 4.79 Å². The summed E-state index contributed by atoms with van der Waals surface area (Å²) >= 11 is 0. The number of carbonyl (C=O) groups excluding carboxylic acids is 1. The van der Waals surface area contributed by atoms with E-state index >= 15 is 0 Å². The lowest BCUT2D eigenvalue weighted by atomic mass is 10.1. The average Bonchev–Trinajstić information content (AvgIpc) is 2.89. The Morgan fingerprint density at radius 2 is 1.92 bits per heavy atom. The number of aromatic nitrogens is 1. The molecule has 24 heavy (non-hydrogen) atoms. The molecule has 0 saturated heterocycles. The lowest BCUT2D eigenvalue weighted by molar-refractivity contribution is -0.116. The Labute approximate surface area is 141 Å². The number of hydrogen-bond acceptors (Lipinski definition) is 4. The van der Waals surface area contributed by atoms with Gasteiger partial charge >= 0.3 is 0 Å². The topological polar surface area (TPSA) is 67.2 Å². The standard InChI is InChI=1S/C19H21N3O2/c1-11-5-7-16(12(2)9-11)22-19(23)13(3)20-15-6-8-18-17(10-15)21-14(4)24-18/h5-10,13,20H,1-4H3,(H,22,23)/t13-/m0/s1. The maximum atomic E-state index is 12.4. The van der Waals surface area contributed by atoms with Crippen LogP contribution < -0.4 is 10.6 Å². The second-order valence-corrected chi connectivity index (χ2v) is 6.09. The molecule has 0 unspecified atom stereocenters. The van der Waals surface area contributed by atoms with Crippen molar-refractivity contribution in [2.24, 2.45) is 0 Å². The van der Waals surface area contributed by atoms with Crippen molar-refractivity contribution in [3.8, 4) is 0 Å². The molecule has 5 nitrogen and oxygen atoms in total. The fourth-order valence-corrected chi connectivity index (χ4v) is 2.64. The molecule has 0 spiro atoms. The van der Waals surface area contributed by atoms with Crippen molar-refractivity contribution in [3.63, 3.8) is 0 Å². The third-order valence-electron chi connectivity index (χ3n) is 3.91. The summed E-state index contributed by atoms with van der Waals surface area (Å²) in [5.41, 5.74) is 5.41. The molecule has 0 saturated carbocycles. The van der Waals surface area contributed by atoms with Gasteiger partial charge in [0.15, 0.2) is 11.5 Å². The van der Waals surface area contributed by atoms with E-state index in [1.807, 2.05) is 58.0 Å². The molecule has 0 bridgehead atoms. The molecule has 3 aromatic rings. The zero-order valence-electron chi connectivity index (χ0n) is 14.3. The number of rotatable bonds is 4. The number of anilines is 2. The second-order valence-electron chi connectivity index (χ2n) is 6.09. The van der Waals surface area contributed by atoms with E-state index in [2.05, 4.69) is 21.7 Å². The van der Waals surface area contributed by atoms with Gasteiger partial charge in [0, 0.05) is 18.3 Å². The van der Waals surface area contributed by atoms with Crippen molar-refractivity contribution in [1.29, 1.82) is 0 Å². The van der Waals surface area contributed by atoms with E-state index in [0.29, 0.717) is 5.89 Å². The molecular weight excluding hydrogens is 302 g/mol. The fourth-order valence-electron chi connectivity index (χ4n) is 2.64. The van der Waals surface area contributed by atoms with Crippen LogP contribution in [0.1, 0.15) is 23.9 Å². The first-order chi connectivity index (χ1) is 11.4. The highest BCUT2D eigenvalue weighted by Gasteiger charge is 2.14. The molecule has 1 amide bonds. The molecule has 0 aliphatic rings. The number of nitrogens with zero attached hydrogens (tertiary/aromatic N) is 1. The van der Waals surface area contributed by atoms with Crippen LogP contribution in [0.3, 0.4) is 0 Å². The minimum Gasteiger partial charge on any atom is -0.441 e. The molecule has 1 heterocycles. The van der Waals surface area contributed by atoms with Gasteiger partial charge in [-0.1, -0.05) is 17.7 Å². The third kappa shape index (κ3) is 3.40. The molecule has 0 fully saturated rings. The van der Waals surface area contributed by atoms with Crippen LogP contribution in [0, 0.1) is 20.8 Å². The van der Waals surface area contributed by atoms with E-state index in [9.17, 15) is 4.79 Å². The predicted octanol–water partition coefficient (Wildman–Crippen LogP) is 4.19. The van der Waals surface area contributed by atoms with Gasteiger partial charge in [0.05, 0.1) is 0 Å². The number of fused-ring (bicyclic) bond motifs is 1. The molecule has 1 aromatic heterocycles. The summed E-state index contributed by atoms with van der Waals surface area (Å²) in [6.45, 7) is 7.66. The maximum Gasteiger partial charge on any atom is 0.246 e. The smallest absolute Gasteiger partial charge is 0.246 e. The molecule has 0 radical (unpaired) electrons. The molecule has 2 aromatic carbocycles. The first-order valence-corrected chi connectivity index (χ1v) is 7.94. The first kappa shape index (κ1) is 16.1. The number of oxazole rings is 1. The lowest BCUT2D eigenvalue weighted by Gasteiger charge is -2.16. The molecule has 0 aliphatic heterocycles. The minimum atomic E-state index is -0.379. The molecule has 5 heteroatoms. The van der Waals surface area contributed by atoms with Crippen LogP contribution in [-0.2, 0) is 4.79 Å². The van der Waals surface area contributed by atoms with E-state index in [1.54, 1.807) is 0 Å². The number of hydrogen-bond donors (Lipinski definition) is 2. The van der Waals surface area contributed by atoms with Crippen LogP contribution in [-0.4, -0.2) is 16.9 Å². The largest absolute Gasteiger partial charge is 0.441 e. The van der Waals surface area contributed by atoms with Gasteiger partial charge in [-0.2, -0.15) is 0 Å². The van der Waals surface area contributed by atoms with E-state index < -0.39 is 0 Å². The maximum absolute atomic E-state index is 12.4. The van der Waals surface area contributed by atoms with Gasteiger partial charge in [-0.15, -0.1) is 0 Å². The summed E-state index contributed by atoms with van der Waals surface area (Å²) in [5, 5.41) is 6.16. The molecule has 2 N–H and O–H groups in total. The monoisotopic (exact) mass is 323 g/mol. The van der Waals surface area contributed by atoms with Crippen molar-refractivity contribution in [2.45, 2.75) is 33.7 Å². The van der Waals surface area contributed by atoms with E-state index in [4.69, 9.17) is 4.42 Å². The minimum absolute atomic E-state index is 0.0848. The molecule has 124 valence electrons. The summed E-state index contributed by atoms with van der Waals surface area (Å²) in [6.07, 6.45) is 0. The summed E-state index contributed by atoms with van der Waals surface area (Å²) in [6, 6.07) is 11.2. The van der Waals surface area contributed by atoms with Gasteiger partial charge in [-0.05, 0) is 50.6 Å². The van der Waals surface area contributed by atoms with Crippen LogP contribution in [0.25, 0.3) is 11.1 Å². The number of nitrogens with one attached hydrogen (secondary N) is 2. The Morgan fingerprint density at radius 1 is 1.12 bits per heavy atom. The van der Waals surface area contributed by atoms with E-state index in [1.165, 1.54) is 5.56 Å². The lowest BCUT2D eigenvalue weighted by Crippen LogP contribution is -2.32. The van der Waals surface area contributed by atoms with Crippen molar-refractivity contribution in [1.82, 2.24) is 4.98 Å². The Morgan fingerprint density at radius 3 is 2.67 bits per heavy atom. The molecule has 1 atom stereocenters. The highest BCUT2D eigenvalue weighted by atomic mass is 16.3. The van der Waals surface area contributed by atoms with Gasteiger partial charge in [0.1, 0.15) is 11.6 Å². The number of benzene rings is 2. The summed E-state index contributed by atoms with van der Waals surface area (Å²) < 4.78 is 5.46. The number of aryl methyl sites for hydroxylation is 3. The summed E-state index contributed by atoms with van der Waals surface area (Å²) in [4.78, 5) is 16.7. The quantitative estimate of drug-likeness (QED) is 0.755. The average molecular weight is 323 g/mol. The van der Waals surface area contributed by atoms with Crippen molar-refractivity contribution in [3.05, 3.63) is 53.4 Å². The van der Waals surface area contributed by atoms with Crippen LogP contribution >= 0.6 is 0 Å². The van der Waals surface area contributed by atoms with Crippen LogP contribution in [0.2, 0.25) is 0 Å². The summed E-state index contributed by atoms with van der Waals surface area (Å²) in [5.74, 6) is 0.543. The zero-order chi connectivity index (χ0) is 17.3. The number of amides is 1. The third-order valence-corrected chi connectivity index (χ3v) is 3.91. The highest BCUT2D eigenvalue weighted by Crippen LogP contribution is 2.21. The van der Waals surface area contributed by atoms with Crippen LogP contribution in [0.4, 0.5) is 11.4 Å². The molecular formula is C19H21N3O2. The van der Waals surface area contributed by atoms with Crippen LogP contribution in [0.15, 0.2) is 40.8 Å². The van der Waals surface area contributed by atoms with Crippen molar-refractivity contribution >= 4 is 28.4 Å². The predicted molar refractivity (Wildman–Crippen MR) is 96.4 cm³/mol. The van der Waals surface area contributed by atoms with E-state index in [-0.39, 0.29) is 11.9 Å².